The average Bonchev–Trinajstić information content (AvgIpc) is 3.60. The van der Waals surface area contributed by atoms with Crippen LogP contribution in [0.3, 0.4) is 0 Å². The number of nitrogens with zero attached hydrogens (tertiary/aromatic N) is 1. The zero-order chi connectivity index (χ0) is 20.3. The molecule has 29 heavy (non-hydrogen) atoms. The van der Waals surface area contributed by atoms with Gasteiger partial charge in [0.1, 0.15) is 0 Å². The summed E-state index contributed by atoms with van der Waals surface area (Å²) in [7, 11) is 0. The largest absolute Gasteiger partial charge is 0.394 e. The van der Waals surface area contributed by atoms with Gasteiger partial charge in [0.2, 0.25) is 0 Å². The van der Waals surface area contributed by atoms with E-state index in [1.165, 1.54) is 56.1 Å². The molecule has 1 atom stereocenters. The topological polar surface area (TPSA) is 43.7 Å². The van der Waals surface area contributed by atoms with Crippen molar-refractivity contribution in [3.8, 4) is 0 Å². The molecule has 0 saturated heterocycles. The van der Waals surface area contributed by atoms with Gasteiger partial charge in [0.15, 0.2) is 0 Å². The first kappa shape index (κ1) is 22.0. The normalized spacial score (nSPS) is 18.2. The lowest BCUT2D eigenvalue weighted by atomic mass is 9.93. The summed E-state index contributed by atoms with van der Waals surface area (Å²) in [4.78, 5) is 2.68. The van der Waals surface area contributed by atoms with Crippen LogP contribution in [0, 0.1) is 5.92 Å². The van der Waals surface area contributed by atoms with E-state index in [1.807, 2.05) is 0 Å². The SMILES string of the molecule is OCC(O)CC1CC1.c1ccc(CN(Cc2ccccc2)C2CCCCC2)cc1. The molecule has 2 aromatic rings. The second-order valence-corrected chi connectivity index (χ2v) is 8.68. The Kier molecular flexibility index (Phi) is 9.20. The Balaban J connectivity index is 0.000000252. The Labute approximate surface area is 176 Å². The monoisotopic (exact) mass is 395 g/mol. The predicted molar refractivity (Wildman–Crippen MR) is 119 cm³/mol. The third kappa shape index (κ3) is 8.30. The van der Waals surface area contributed by atoms with Crippen molar-refractivity contribution >= 4 is 0 Å². The number of rotatable bonds is 8. The van der Waals surface area contributed by atoms with Gasteiger partial charge < -0.3 is 10.2 Å². The van der Waals surface area contributed by atoms with Gasteiger partial charge in [-0.2, -0.15) is 0 Å². The van der Waals surface area contributed by atoms with Crippen molar-refractivity contribution < 1.29 is 10.2 Å². The summed E-state index contributed by atoms with van der Waals surface area (Å²) in [6, 6.07) is 22.6. The van der Waals surface area contributed by atoms with Crippen LogP contribution in [0.25, 0.3) is 0 Å². The van der Waals surface area contributed by atoms with Gasteiger partial charge >= 0.3 is 0 Å². The first-order chi connectivity index (χ1) is 14.2. The maximum absolute atomic E-state index is 8.82. The van der Waals surface area contributed by atoms with E-state index in [0.29, 0.717) is 0 Å². The van der Waals surface area contributed by atoms with Crippen molar-refractivity contribution in [2.24, 2.45) is 5.92 Å². The van der Waals surface area contributed by atoms with Crippen LogP contribution in [-0.4, -0.2) is 33.9 Å². The third-order valence-electron chi connectivity index (χ3n) is 6.06. The van der Waals surface area contributed by atoms with Crippen molar-refractivity contribution in [3.05, 3.63) is 71.8 Å². The Morgan fingerprint density at radius 2 is 1.28 bits per heavy atom. The van der Waals surface area contributed by atoms with Crippen molar-refractivity contribution in [1.29, 1.82) is 0 Å². The Morgan fingerprint density at radius 1 is 0.759 bits per heavy atom. The summed E-state index contributed by atoms with van der Waals surface area (Å²) in [6.45, 7) is 2.07. The maximum Gasteiger partial charge on any atom is 0.0773 e. The molecule has 2 saturated carbocycles. The highest BCUT2D eigenvalue weighted by Crippen LogP contribution is 2.33. The number of hydrogen-bond donors (Lipinski definition) is 2. The molecule has 3 heteroatoms. The summed E-state index contributed by atoms with van der Waals surface area (Å²) < 4.78 is 0. The highest BCUT2D eigenvalue weighted by Gasteiger charge is 2.23. The highest BCUT2D eigenvalue weighted by atomic mass is 16.3. The van der Waals surface area contributed by atoms with E-state index >= 15 is 0 Å². The molecule has 2 aliphatic carbocycles. The van der Waals surface area contributed by atoms with Crippen molar-refractivity contribution in [3.63, 3.8) is 0 Å². The molecule has 0 spiro atoms. The van der Waals surface area contributed by atoms with E-state index in [9.17, 15) is 0 Å². The van der Waals surface area contributed by atoms with Gasteiger partial charge in [0, 0.05) is 19.1 Å². The summed E-state index contributed by atoms with van der Waals surface area (Å²) in [5.74, 6) is 0.720. The Hall–Kier alpha value is -1.68. The highest BCUT2D eigenvalue weighted by molar-refractivity contribution is 5.17. The molecular formula is C26H37NO2. The van der Waals surface area contributed by atoms with E-state index in [-0.39, 0.29) is 6.61 Å². The van der Waals surface area contributed by atoms with Crippen molar-refractivity contribution in [2.45, 2.75) is 76.6 Å². The van der Waals surface area contributed by atoms with Crippen LogP contribution in [0.2, 0.25) is 0 Å². The molecule has 2 fully saturated rings. The van der Waals surface area contributed by atoms with Crippen LogP contribution in [0.4, 0.5) is 0 Å². The van der Waals surface area contributed by atoms with Crippen LogP contribution >= 0.6 is 0 Å². The van der Waals surface area contributed by atoms with Crippen LogP contribution in [0.5, 0.6) is 0 Å². The van der Waals surface area contributed by atoms with Gasteiger partial charge in [0.25, 0.3) is 0 Å². The van der Waals surface area contributed by atoms with E-state index in [1.54, 1.807) is 0 Å². The molecule has 4 rings (SSSR count). The van der Waals surface area contributed by atoms with E-state index in [2.05, 4.69) is 65.6 Å². The van der Waals surface area contributed by atoms with Gasteiger partial charge in [-0.1, -0.05) is 92.8 Å². The summed E-state index contributed by atoms with van der Waals surface area (Å²) in [6.07, 6.45) is 9.77. The maximum atomic E-state index is 8.82. The minimum Gasteiger partial charge on any atom is -0.394 e. The number of aliphatic hydroxyl groups excluding tert-OH is 2. The second kappa shape index (κ2) is 12.1. The molecule has 1 unspecified atom stereocenters. The van der Waals surface area contributed by atoms with Crippen molar-refractivity contribution in [1.82, 2.24) is 4.90 Å². The van der Waals surface area contributed by atoms with E-state index in [0.717, 1.165) is 31.5 Å². The lowest BCUT2D eigenvalue weighted by molar-refractivity contribution is 0.0838. The fraction of sp³-hybridized carbons (Fsp3) is 0.538. The second-order valence-electron chi connectivity index (χ2n) is 8.68. The minimum atomic E-state index is -0.456. The molecule has 2 N–H and O–H groups in total. The van der Waals surface area contributed by atoms with Crippen LogP contribution in [0.15, 0.2) is 60.7 Å². The third-order valence-corrected chi connectivity index (χ3v) is 6.06. The average molecular weight is 396 g/mol. The Bertz CT molecular complexity index is 624. The molecule has 0 aromatic heterocycles. The first-order valence-electron chi connectivity index (χ1n) is 11.4. The van der Waals surface area contributed by atoms with Crippen LogP contribution in [0.1, 0.15) is 62.5 Å². The number of hydrogen-bond acceptors (Lipinski definition) is 3. The molecule has 0 amide bonds. The van der Waals surface area contributed by atoms with Crippen LogP contribution < -0.4 is 0 Å². The van der Waals surface area contributed by atoms with Crippen molar-refractivity contribution in [2.75, 3.05) is 6.61 Å². The van der Waals surface area contributed by atoms with Gasteiger partial charge in [-0.25, -0.2) is 0 Å². The van der Waals surface area contributed by atoms with Gasteiger partial charge in [-0.05, 0) is 36.3 Å². The molecule has 0 heterocycles. The summed E-state index contributed by atoms with van der Waals surface area (Å²) >= 11 is 0. The zero-order valence-corrected chi connectivity index (χ0v) is 17.6. The smallest absolute Gasteiger partial charge is 0.0773 e. The summed E-state index contributed by atoms with van der Waals surface area (Å²) in [5, 5.41) is 17.2. The quantitative estimate of drug-likeness (QED) is 0.649. The van der Waals surface area contributed by atoms with Gasteiger partial charge in [-0.3, -0.25) is 4.90 Å². The molecule has 2 aromatic carbocycles. The first-order valence-corrected chi connectivity index (χ1v) is 11.4. The lowest BCUT2D eigenvalue weighted by Gasteiger charge is -2.34. The van der Waals surface area contributed by atoms with E-state index in [4.69, 9.17) is 10.2 Å². The zero-order valence-electron chi connectivity index (χ0n) is 17.6. The molecular weight excluding hydrogens is 358 g/mol. The van der Waals surface area contributed by atoms with Crippen LogP contribution in [-0.2, 0) is 13.1 Å². The fourth-order valence-corrected chi connectivity index (χ4v) is 4.21. The number of aliphatic hydroxyl groups is 2. The molecule has 3 nitrogen and oxygen atoms in total. The van der Waals surface area contributed by atoms with Gasteiger partial charge in [0.05, 0.1) is 12.7 Å². The molecule has 2 aliphatic rings. The lowest BCUT2D eigenvalue weighted by Crippen LogP contribution is -2.35. The Morgan fingerprint density at radius 3 is 1.72 bits per heavy atom. The number of benzene rings is 2. The minimum absolute atomic E-state index is 0.0729. The standard InChI is InChI=1S/C20H25N.C6H12O2/c1-4-10-18(11-5-1)16-21(20-14-8-3-9-15-20)17-19-12-6-2-7-13-19;7-4-6(8)3-5-1-2-5/h1-2,4-7,10-13,20H,3,8-9,14-17H2;5-8H,1-4H2. The fourth-order valence-electron chi connectivity index (χ4n) is 4.21. The molecule has 0 bridgehead atoms. The van der Waals surface area contributed by atoms with E-state index < -0.39 is 6.10 Å². The predicted octanol–water partition coefficient (Wildman–Crippen LogP) is 5.16. The van der Waals surface area contributed by atoms with Gasteiger partial charge in [-0.15, -0.1) is 0 Å². The molecule has 0 aliphatic heterocycles. The molecule has 158 valence electrons. The summed E-state index contributed by atoms with van der Waals surface area (Å²) in [5.41, 5.74) is 2.86. The molecule has 0 radical (unpaired) electrons.